The molecule has 86 valence electrons. The average molecular weight is 214 g/mol. The lowest BCUT2D eigenvalue weighted by Crippen LogP contribution is -2.30. The Labute approximate surface area is 82.1 Å². The summed E-state index contributed by atoms with van der Waals surface area (Å²) in [5, 5.41) is 0. The van der Waals surface area contributed by atoms with Crippen molar-refractivity contribution in [1.29, 1.82) is 0 Å². The van der Waals surface area contributed by atoms with Gasteiger partial charge in [0, 0.05) is 0 Å². The molecule has 0 saturated carbocycles. The number of amides is 1. The Balaban J connectivity index is 0. The number of rotatable bonds is 3. The second kappa shape index (κ2) is 7.61. The second-order valence-corrected chi connectivity index (χ2v) is 2.48. The van der Waals surface area contributed by atoms with E-state index in [9.17, 15) is 13.2 Å². The van der Waals surface area contributed by atoms with E-state index in [1.807, 2.05) is 0 Å². The molecule has 0 aliphatic heterocycles. The number of hydrogen-bond donors (Lipinski definition) is 1. The van der Waals surface area contributed by atoms with Crippen molar-refractivity contribution < 1.29 is 18.0 Å². The first-order chi connectivity index (χ1) is 6.29. The third kappa shape index (κ3) is 9.31. The summed E-state index contributed by atoms with van der Waals surface area (Å²) in [4.78, 5) is 11.5. The predicted molar refractivity (Wildman–Crippen MR) is 48.7 cm³/mol. The van der Waals surface area contributed by atoms with Crippen molar-refractivity contribution in [2.75, 3.05) is 19.6 Å². The zero-order valence-corrected chi connectivity index (χ0v) is 8.69. The van der Waals surface area contributed by atoms with Crippen molar-refractivity contribution in [2.45, 2.75) is 26.9 Å². The third-order valence-corrected chi connectivity index (χ3v) is 1.62. The molecule has 0 atom stereocenters. The van der Waals surface area contributed by atoms with Crippen LogP contribution in [0.15, 0.2) is 0 Å². The van der Waals surface area contributed by atoms with Crippen LogP contribution in [-0.4, -0.2) is 36.6 Å². The molecular weight excluding hydrogens is 197 g/mol. The van der Waals surface area contributed by atoms with Crippen molar-refractivity contribution in [3.63, 3.8) is 0 Å². The van der Waals surface area contributed by atoms with Gasteiger partial charge >= 0.3 is 12.1 Å². The van der Waals surface area contributed by atoms with Crippen LogP contribution < -0.4 is 5.73 Å². The SMILES string of the molecule is CCN(CC)CC.NC(=O)C(F)(F)F. The molecule has 0 spiro atoms. The van der Waals surface area contributed by atoms with Crippen molar-refractivity contribution in [3.8, 4) is 0 Å². The largest absolute Gasteiger partial charge is 0.470 e. The average Bonchev–Trinajstić information content (AvgIpc) is 2.07. The molecule has 0 aromatic carbocycles. The summed E-state index contributed by atoms with van der Waals surface area (Å²) in [5.41, 5.74) is 3.81. The van der Waals surface area contributed by atoms with Crippen LogP contribution >= 0.6 is 0 Å². The summed E-state index contributed by atoms with van der Waals surface area (Å²) in [6.07, 6.45) is -4.86. The minimum Gasteiger partial charge on any atom is -0.362 e. The number of alkyl halides is 3. The summed E-state index contributed by atoms with van der Waals surface area (Å²) in [6, 6.07) is 0. The molecule has 0 saturated heterocycles. The first-order valence-corrected chi connectivity index (χ1v) is 4.38. The normalized spacial score (nSPS) is 10.8. The van der Waals surface area contributed by atoms with Crippen LogP contribution in [0.25, 0.3) is 0 Å². The van der Waals surface area contributed by atoms with E-state index in [2.05, 4.69) is 31.4 Å². The molecule has 0 aliphatic carbocycles. The Morgan fingerprint density at radius 2 is 1.36 bits per heavy atom. The predicted octanol–water partition coefficient (Wildman–Crippen LogP) is 1.38. The summed E-state index contributed by atoms with van der Waals surface area (Å²) < 4.78 is 32.1. The standard InChI is InChI=1S/C6H15N.C2H2F3NO/c1-4-7(5-2)6-3;3-2(4,5)1(6)7/h4-6H2,1-3H3;(H2,6,7). The first kappa shape index (κ1) is 15.7. The lowest BCUT2D eigenvalue weighted by atomic mass is 10.5. The van der Waals surface area contributed by atoms with Crippen LogP contribution in [0.2, 0.25) is 0 Å². The second-order valence-electron chi connectivity index (χ2n) is 2.48. The van der Waals surface area contributed by atoms with E-state index in [1.165, 1.54) is 19.6 Å². The fourth-order valence-electron chi connectivity index (χ4n) is 0.671. The minimum absolute atomic E-state index is 1.19. The number of hydrogen-bond acceptors (Lipinski definition) is 2. The fourth-order valence-corrected chi connectivity index (χ4v) is 0.671. The molecule has 3 nitrogen and oxygen atoms in total. The molecule has 0 fully saturated rings. The highest BCUT2D eigenvalue weighted by molar-refractivity contribution is 5.79. The first-order valence-electron chi connectivity index (χ1n) is 4.38. The zero-order valence-electron chi connectivity index (χ0n) is 8.69. The van der Waals surface area contributed by atoms with E-state index in [1.54, 1.807) is 0 Å². The molecule has 0 bridgehead atoms. The molecular formula is C8H17F3N2O. The zero-order chi connectivity index (χ0) is 11.8. The maximum atomic E-state index is 10.7. The lowest BCUT2D eigenvalue weighted by Gasteiger charge is -2.13. The van der Waals surface area contributed by atoms with Crippen LogP contribution in [-0.2, 0) is 4.79 Å². The highest BCUT2D eigenvalue weighted by atomic mass is 19.4. The van der Waals surface area contributed by atoms with Crippen LogP contribution in [0.3, 0.4) is 0 Å². The Morgan fingerprint density at radius 1 is 1.14 bits per heavy atom. The number of halogens is 3. The third-order valence-electron chi connectivity index (χ3n) is 1.62. The molecule has 0 aliphatic rings. The highest BCUT2D eigenvalue weighted by Gasteiger charge is 2.35. The molecule has 14 heavy (non-hydrogen) atoms. The van der Waals surface area contributed by atoms with E-state index >= 15 is 0 Å². The fraction of sp³-hybridized carbons (Fsp3) is 0.875. The van der Waals surface area contributed by atoms with Gasteiger partial charge in [0.1, 0.15) is 0 Å². The van der Waals surface area contributed by atoms with Gasteiger partial charge in [-0.1, -0.05) is 20.8 Å². The van der Waals surface area contributed by atoms with E-state index in [0.717, 1.165) is 0 Å². The van der Waals surface area contributed by atoms with Gasteiger partial charge in [-0.15, -0.1) is 0 Å². The van der Waals surface area contributed by atoms with E-state index in [4.69, 9.17) is 4.79 Å². The van der Waals surface area contributed by atoms with Gasteiger partial charge in [0.2, 0.25) is 0 Å². The Bertz CT molecular complexity index is 150. The van der Waals surface area contributed by atoms with Gasteiger partial charge in [-0.3, -0.25) is 4.79 Å². The van der Waals surface area contributed by atoms with Crippen molar-refractivity contribution in [2.24, 2.45) is 5.73 Å². The van der Waals surface area contributed by atoms with Crippen molar-refractivity contribution in [1.82, 2.24) is 4.90 Å². The lowest BCUT2D eigenvalue weighted by molar-refractivity contribution is -0.169. The maximum absolute atomic E-state index is 10.7. The van der Waals surface area contributed by atoms with Gasteiger partial charge < -0.3 is 10.6 Å². The number of primary amides is 1. The molecule has 0 aromatic heterocycles. The topological polar surface area (TPSA) is 46.3 Å². The molecule has 6 heteroatoms. The van der Waals surface area contributed by atoms with Crippen molar-refractivity contribution >= 4 is 5.91 Å². The number of nitrogens with zero attached hydrogens (tertiary/aromatic N) is 1. The van der Waals surface area contributed by atoms with Gasteiger partial charge in [-0.2, -0.15) is 13.2 Å². The number of carbonyl (C=O) groups excluding carboxylic acids is 1. The highest BCUT2D eigenvalue weighted by Crippen LogP contribution is 2.11. The Morgan fingerprint density at radius 3 is 1.36 bits per heavy atom. The van der Waals surface area contributed by atoms with E-state index < -0.39 is 12.1 Å². The molecule has 0 rings (SSSR count). The van der Waals surface area contributed by atoms with Gasteiger partial charge in [-0.25, -0.2) is 0 Å². The van der Waals surface area contributed by atoms with Gasteiger partial charge in [0.05, 0.1) is 0 Å². The molecule has 2 N–H and O–H groups in total. The van der Waals surface area contributed by atoms with Crippen molar-refractivity contribution in [3.05, 3.63) is 0 Å². The summed E-state index contributed by atoms with van der Waals surface area (Å²) in [5.74, 6) is -2.26. The van der Waals surface area contributed by atoms with Gasteiger partial charge in [0.15, 0.2) is 0 Å². The number of carbonyl (C=O) groups is 1. The number of nitrogens with two attached hydrogens (primary N) is 1. The minimum atomic E-state index is -4.86. The quantitative estimate of drug-likeness (QED) is 0.771. The summed E-state index contributed by atoms with van der Waals surface area (Å²) >= 11 is 0. The Hall–Kier alpha value is -0.780. The molecule has 0 aromatic rings. The molecule has 0 unspecified atom stereocenters. The van der Waals surface area contributed by atoms with Gasteiger partial charge in [0.25, 0.3) is 0 Å². The van der Waals surface area contributed by atoms with Crippen LogP contribution in [0.1, 0.15) is 20.8 Å². The summed E-state index contributed by atoms with van der Waals surface area (Å²) in [7, 11) is 0. The molecule has 1 amide bonds. The van der Waals surface area contributed by atoms with Gasteiger partial charge in [-0.05, 0) is 19.6 Å². The molecule has 0 heterocycles. The monoisotopic (exact) mass is 214 g/mol. The summed E-state index contributed by atoms with van der Waals surface area (Å²) in [6.45, 7) is 10.1. The van der Waals surface area contributed by atoms with Crippen LogP contribution in [0.4, 0.5) is 13.2 Å². The van der Waals surface area contributed by atoms with Crippen LogP contribution in [0.5, 0.6) is 0 Å². The van der Waals surface area contributed by atoms with E-state index in [0.29, 0.717) is 0 Å². The van der Waals surface area contributed by atoms with E-state index in [-0.39, 0.29) is 0 Å². The smallest absolute Gasteiger partial charge is 0.362 e. The van der Waals surface area contributed by atoms with Crippen LogP contribution in [0, 0.1) is 0 Å². The Kier molecular flexibility index (Phi) is 8.52. The maximum Gasteiger partial charge on any atom is 0.470 e. The molecule has 0 radical (unpaired) electrons.